The van der Waals surface area contributed by atoms with Crippen molar-refractivity contribution < 1.29 is 0 Å². The molecule has 0 aliphatic heterocycles. The van der Waals surface area contributed by atoms with Crippen molar-refractivity contribution in [2.75, 3.05) is 0 Å². The average molecular weight is 1220 g/mol. The van der Waals surface area contributed by atoms with Gasteiger partial charge in [-0.25, -0.2) is 19.9 Å². The summed E-state index contributed by atoms with van der Waals surface area (Å²) in [6.07, 6.45) is 0. The number of para-hydroxylation sites is 5. The average Bonchev–Trinajstić information content (AvgIpc) is 1.57. The van der Waals surface area contributed by atoms with Gasteiger partial charge in [0, 0.05) is 91.7 Å². The number of benzene rings is 13. The molecule has 9 nitrogen and oxygen atoms in total. The molecule has 6 heterocycles. The summed E-state index contributed by atoms with van der Waals surface area (Å²) in [5.74, 6) is 3.85. The number of fused-ring (bicyclic) bond motifs is 12. The lowest BCUT2D eigenvalue weighted by Gasteiger charge is -2.11. The Morgan fingerprint density at radius 3 is 1.04 bits per heavy atom. The standard InChI is InChI=1S/C45H29N5.C39H24N4S/c1-4-14-30(15-5-1)31-24-26-33(27-25-31)44-46-43(32-16-6-2-7-17-32)47-45(48-44)50-40-23-13-11-21-36(40)38-28-41-37(29-42(38)50)35-20-10-12-22-39(35)49(41)34-18-8-3-9-19-34;1-4-13-25(14-5-1)37-40-38(26-15-6-2-7-16-26)42-39(41-37)30-21-12-20-29-32-23-31-28-19-10-11-22-33(28)43(27-17-8-3-9-18-27)34(31)24-35(32)44-36(29)30/h1-29H;1-24H. The predicted octanol–water partition coefficient (Wildman–Crippen LogP) is 21.4. The van der Waals surface area contributed by atoms with E-state index >= 15 is 0 Å². The Labute approximate surface area is 544 Å². The van der Waals surface area contributed by atoms with Crippen LogP contribution < -0.4 is 0 Å². The number of hydrogen-bond donors (Lipinski definition) is 0. The molecule has 10 heteroatoms. The van der Waals surface area contributed by atoms with Gasteiger partial charge in [-0.2, -0.15) is 9.97 Å². The molecule has 0 fully saturated rings. The van der Waals surface area contributed by atoms with Crippen LogP contribution in [-0.4, -0.2) is 43.6 Å². The minimum Gasteiger partial charge on any atom is -0.309 e. The fourth-order valence-electron chi connectivity index (χ4n) is 13.5. The Hall–Kier alpha value is -12.5. The molecule has 0 saturated heterocycles. The Balaban J connectivity index is 0.000000139. The highest BCUT2D eigenvalue weighted by atomic mass is 32.1. The second kappa shape index (κ2) is 22.8. The van der Waals surface area contributed by atoms with Crippen LogP contribution in [0.25, 0.3) is 171 Å². The van der Waals surface area contributed by atoms with Crippen LogP contribution in [0.3, 0.4) is 0 Å². The van der Waals surface area contributed by atoms with Crippen molar-refractivity contribution in [2.24, 2.45) is 0 Å². The summed E-state index contributed by atoms with van der Waals surface area (Å²) in [5.41, 5.74) is 16.3. The van der Waals surface area contributed by atoms with E-state index in [1.807, 2.05) is 84.9 Å². The molecule has 0 saturated carbocycles. The first-order chi connectivity index (χ1) is 46.6. The maximum Gasteiger partial charge on any atom is 0.238 e. The summed E-state index contributed by atoms with van der Waals surface area (Å²) >= 11 is 1.80. The van der Waals surface area contributed by atoms with E-state index in [-0.39, 0.29) is 0 Å². The smallest absolute Gasteiger partial charge is 0.238 e. The maximum absolute atomic E-state index is 5.21. The van der Waals surface area contributed by atoms with E-state index in [0.717, 1.165) is 72.1 Å². The molecule has 0 unspecified atom stereocenters. The molecule has 0 N–H and O–H groups in total. The van der Waals surface area contributed by atoms with Crippen LogP contribution in [0.15, 0.2) is 322 Å². The first kappa shape index (κ1) is 54.4. The van der Waals surface area contributed by atoms with Gasteiger partial charge in [-0.3, -0.25) is 4.57 Å². The van der Waals surface area contributed by atoms with Crippen LogP contribution in [0.5, 0.6) is 0 Å². The summed E-state index contributed by atoms with van der Waals surface area (Å²) in [6, 6.07) is 112. The molecule has 0 radical (unpaired) electrons. The minimum atomic E-state index is 0.582. The lowest BCUT2D eigenvalue weighted by Crippen LogP contribution is -2.06. The van der Waals surface area contributed by atoms with Crippen LogP contribution in [0.4, 0.5) is 0 Å². The van der Waals surface area contributed by atoms with E-state index in [1.54, 1.807) is 11.3 Å². The van der Waals surface area contributed by atoms with Crippen LogP contribution in [0.1, 0.15) is 0 Å². The van der Waals surface area contributed by atoms with Crippen molar-refractivity contribution in [2.45, 2.75) is 0 Å². The molecule has 440 valence electrons. The van der Waals surface area contributed by atoms with Gasteiger partial charge in [0.15, 0.2) is 29.1 Å². The molecular formula is C84H53N9S. The lowest BCUT2D eigenvalue weighted by molar-refractivity contribution is 0.954. The van der Waals surface area contributed by atoms with Crippen molar-refractivity contribution in [1.82, 2.24) is 43.6 Å². The predicted molar refractivity (Wildman–Crippen MR) is 388 cm³/mol. The second-order valence-corrected chi connectivity index (χ2v) is 24.4. The number of aromatic nitrogens is 9. The van der Waals surface area contributed by atoms with Gasteiger partial charge in [0.2, 0.25) is 5.95 Å². The van der Waals surface area contributed by atoms with Crippen LogP contribution in [0.2, 0.25) is 0 Å². The highest BCUT2D eigenvalue weighted by molar-refractivity contribution is 7.26. The number of rotatable bonds is 9. The molecule has 0 amide bonds. The quantitative estimate of drug-likeness (QED) is 0.143. The molecule has 13 aromatic carbocycles. The van der Waals surface area contributed by atoms with E-state index in [4.69, 9.17) is 29.9 Å². The van der Waals surface area contributed by atoms with E-state index in [1.165, 1.54) is 63.8 Å². The molecule has 6 aromatic heterocycles. The van der Waals surface area contributed by atoms with Crippen molar-refractivity contribution in [1.29, 1.82) is 0 Å². The van der Waals surface area contributed by atoms with E-state index in [0.29, 0.717) is 35.1 Å². The van der Waals surface area contributed by atoms with E-state index in [2.05, 4.69) is 250 Å². The van der Waals surface area contributed by atoms with Gasteiger partial charge in [-0.05, 0) is 83.9 Å². The Morgan fingerprint density at radius 2 is 0.553 bits per heavy atom. The van der Waals surface area contributed by atoms with E-state index in [9.17, 15) is 0 Å². The summed E-state index contributed by atoms with van der Waals surface area (Å²) < 4.78 is 9.36. The zero-order chi connectivity index (χ0) is 62.1. The summed E-state index contributed by atoms with van der Waals surface area (Å²) in [5, 5.41) is 9.62. The Kier molecular flexibility index (Phi) is 13.2. The van der Waals surface area contributed by atoms with E-state index < -0.39 is 0 Å². The highest BCUT2D eigenvalue weighted by Gasteiger charge is 2.23. The second-order valence-electron chi connectivity index (χ2n) is 23.4. The third-order valence-corrected chi connectivity index (χ3v) is 19.0. The molecule has 0 atom stereocenters. The zero-order valence-corrected chi connectivity index (χ0v) is 51.3. The van der Waals surface area contributed by atoms with Crippen molar-refractivity contribution >= 4 is 96.9 Å². The Bertz CT molecular complexity index is 6010. The molecule has 0 aliphatic carbocycles. The monoisotopic (exact) mass is 1220 g/mol. The lowest BCUT2D eigenvalue weighted by atomic mass is 10.0. The molecule has 19 aromatic rings. The van der Waals surface area contributed by atoms with Crippen molar-refractivity contribution in [3.8, 4) is 85.4 Å². The SMILES string of the molecule is c1ccc(-c2ccc(-c3nc(-c4ccccc4)nc(-n4c5ccccc5c5cc6c(cc54)c4ccccc4n6-c4ccccc4)n3)cc2)cc1.c1ccc(-c2nc(-c3ccccc3)nc(-c3cccc4c3sc3cc5c(cc34)c3ccccc3n5-c3ccccc3)n2)cc1. The van der Waals surface area contributed by atoms with Gasteiger partial charge >= 0.3 is 0 Å². The Morgan fingerprint density at radius 1 is 0.213 bits per heavy atom. The molecule has 0 bridgehead atoms. The van der Waals surface area contributed by atoms with Crippen molar-refractivity contribution in [3.05, 3.63) is 322 Å². The topological polar surface area (TPSA) is 92.1 Å². The molecular weight excluding hydrogens is 1170 g/mol. The molecule has 0 aliphatic rings. The third-order valence-electron chi connectivity index (χ3n) is 17.8. The maximum atomic E-state index is 5.21. The zero-order valence-electron chi connectivity index (χ0n) is 50.5. The number of thiophene rings is 1. The van der Waals surface area contributed by atoms with Crippen LogP contribution in [-0.2, 0) is 0 Å². The summed E-state index contributed by atoms with van der Waals surface area (Å²) in [4.78, 5) is 30.4. The van der Waals surface area contributed by atoms with Gasteiger partial charge in [0.1, 0.15) is 0 Å². The first-order valence-electron chi connectivity index (χ1n) is 31.4. The fourth-order valence-corrected chi connectivity index (χ4v) is 14.7. The fraction of sp³-hybridized carbons (Fsp3) is 0. The highest BCUT2D eigenvalue weighted by Crippen LogP contribution is 2.45. The van der Waals surface area contributed by atoms with Gasteiger partial charge in [0.05, 0.1) is 33.1 Å². The van der Waals surface area contributed by atoms with Gasteiger partial charge in [0.25, 0.3) is 0 Å². The van der Waals surface area contributed by atoms with Gasteiger partial charge < -0.3 is 9.13 Å². The molecule has 0 spiro atoms. The summed E-state index contributed by atoms with van der Waals surface area (Å²) in [7, 11) is 0. The van der Waals surface area contributed by atoms with Crippen molar-refractivity contribution in [3.63, 3.8) is 0 Å². The molecule has 94 heavy (non-hydrogen) atoms. The normalized spacial score (nSPS) is 11.6. The third kappa shape index (κ3) is 9.38. The number of nitrogens with zero attached hydrogens (tertiary/aromatic N) is 9. The van der Waals surface area contributed by atoms with Crippen LogP contribution >= 0.6 is 11.3 Å². The first-order valence-corrected chi connectivity index (χ1v) is 32.2. The minimum absolute atomic E-state index is 0.582. The number of hydrogen-bond acceptors (Lipinski definition) is 7. The van der Waals surface area contributed by atoms with Gasteiger partial charge in [-0.1, -0.05) is 249 Å². The molecule has 19 rings (SSSR count). The van der Waals surface area contributed by atoms with Crippen LogP contribution in [0, 0.1) is 0 Å². The largest absolute Gasteiger partial charge is 0.309 e. The summed E-state index contributed by atoms with van der Waals surface area (Å²) in [6.45, 7) is 0. The van der Waals surface area contributed by atoms with Gasteiger partial charge in [-0.15, -0.1) is 11.3 Å².